The highest BCUT2D eigenvalue weighted by molar-refractivity contribution is 5.67. The highest BCUT2D eigenvalue weighted by atomic mass is 16.6. The van der Waals surface area contributed by atoms with Gasteiger partial charge in [-0.05, 0) is 6.92 Å². The van der Waals surface area contributed by atoms with Gasteiger partial charge in [-0.15, -0.1) is 5.01 Å². The summed E-state index contributed by atoms with van der Waals surface area (Å²) in [5.74, 6) is 0. The first-order valence-corrected chi connectivity index (χ1v) is 4.68. The molecule has 0 aromatic rings. The number of hydrogen-bond donors (Lipinski definition) is 1. The highest BCUT2D eigenvalue weighted by Gasteiger charge is 2.25. The Kier molecular flexibility index (Phi) is 3.95. The Morgan fingerprint density at radius 3 is 2.60 bits per heavy atom. The van der Waals surface area contributed by atoms with Crippen molar-refractivity contribution in [3.8, 4) is 0 Å². The van der Waals surface area contributed by atoms with Crippen molar-refractivity contribution in [2.75, 3.05) is 32.8 Å². The summed E-state index contributed by atoms with van der Waals surface area (Å²) in [6, 6.07) is 0. The third-order valence-electron chi connectivity index (χ3n) is 2.10. The summed E-state index contributed by atoms with van der Waals surface area (Å²) in [7, 11) is 0. The first-order chi connectivity index (χ1) is 7.19. The molecule has 8 nitrogen and oxygen atoms in total. The number of hydrogen-bond acceptors (Lipinski definition) is 4. The molecular weight excluding hydrogens is 204 g/mol. The van der Waals surface area contributed by atoms with Crippen molar-refractivity contribution in [1.82, 2.24) is 9.91 Å². The third-order valence-corrected chi connectivity index (χ3v) is 2.10. The summed E-state index contributed by atoms with van der Waals surface area (Å²) in [6.07, 6.45) is -0.379. The van der Waals surface area contributed by atoms with Crippen molar-refractivity contribution >= 4 is 6.09 Å². The number of carbonyl (C=O) groups is 1. The minimum atomic E-state index is -0.379. The first kappa shape index (κ1) is 11.3. The molecule has 15 heavy (non-hydrogen) atoms. The van der Waals surface area contributed by atoms with Crippen LogP contribution in [0.1, 0.15) is 6.92 Å². The molecule has 0 spiro atoms. The Morgan fingerprint density at radius 1 is 1.53 bits per heavy atom. The van der Waals surface area contributed by atoms with Crippen LogP contribution in [0.5, 0.6) is 0 Å². The fourth-order valence-corrected chi connectivity index (χ4v) is 1.32. The van der Waals surface area contributed by atoms with Gasteiger partial charge in [0.2, 0.25) is 5.28 Å². The SMILES string of the molecule is CCOC(=O)N1CCN(/[N+]([O-])=N/O)CC1. The van der Waals surface area contributed by atoms with E-state index in [4.69, 9.17) is 9.94 Å². The zero-order valence-corrected chi connectivity index (χ0v) is 8.50. The van der Waals surface area contributed by atoms with Crippen LogP contribution in [0, 0.1) is 5.21 Å². The largest absolute Gasteiger partial charge is 0.569 e. The van der Waals surface area contributed by atoms with Crippen molar-refractivity contribution < 1.29 is 19.7 Å². The van der Waals surface area contributed by atoms with Crippen LogP contribution in [0.3, 0.4) is 0 Å². The van der Waals surface area contributed by atoms with Crippen molar-refractivity contribution in [1.29, 1.82) is 0 Å². The molecule has 1 aliphatic heterocycles. The van der Waals surface area contributed by atoms with E-state index in [-0.39, 0.29) is 11.1 Å². The van der Waals surface area contributed by atoms with Gasteiger partial charge in [-0.2, -0.15) is 0 Å². The van der Waals surface area contributed by atoms with Gasteiger partial charge >= 0.3 is 6.09 Å². The zero-order chi connectivity index (χ0) is 11.3. The molecule has 1 rings (SSSR count). The molecule has 1 amide bonds. The molecule has 0 radical (unpaired) electrons. The van der Waals surface area contributed by atoms with E-state index in [2.05, 4.69) is 5.28 Å². The van der Waals surface area contributed by atoms with Gasteiger partial charge < -0.3 is 20.1 Å². The minimum absolute atomic E-state index is 0.114. The highest BCUT2D eigenvalue weighted by Crippen LogP contribution is 2.03. The van der Waals surface area contributed by atoms with E-state index in [1.807, 2.05) is 0 Å². The molecule has 1 aliphatic rings. The lowest BCUT2D eigenvalue weighted by Crippen LogP contribution is -2.50. The van der Waals surface area contributed by atoms with Crippen LogP contribution in [0.15, 0.2) is 5.28 Å². The van der Waals surface area contributed by atoms with Crippen LogP contribution in [-0.2, 0) is 4.74 Å². The monoisotopic (exact) mass is 218 g/mol. The molecule has 0 bridgehead atoms. The first-order valence-electron chi connectivity index (χ1n) is 4.68. The standard InChI is InChI=1S/C7H14N4O4/c1-2-15-7(12)9-3-5-10(6-4-9)11(14)8-13/h13H,2-6H2,1H3/b11-8-. The van der Waals surface area contributed by atoms with Crippen LogP contribution < -0.4 is 0 Å². The van der Waals surface area contributed by atoms with Gasteiger partial charge in [0.15, 0.2) is 0 Å². The van der Waals surface area contributed by atoms with Gasteiger partial charge in [0.25, 0.3) is 0 Å². The summed E-state index contributed by atoms with van der Waals surface area (Å²) in [5.41, 5.74) is 0. The Bertz CT molecular complexity index is 249. The predicted molar refractivity (Wildman–Crippen MR) is 48.0 cm³/mol. The average Bonchev–Trinajstić information content (AvgIpc) is 2.28. The number of ether oxygens (including phenoxy) is 1. The van der Waals surface area contributed by atoms with Crippen LogP contribution in [0.25, 0.3) is 0 Å². The number of amides is 1. The van der Waals surface area contributed by atoms with Crippen molar-refractivity contribution in [2.45, 2.75) is 6.92 Å². The fraction of sp³-hybridized carbons (Fsp3) is 0.857. The van der Waals surface area contributed by atoms with E-state index in [0.29, 0.717) is 32.8 Å². The molecule has 0 aliphatic carbocycles. The van der Waals surface area contributed by atoms with Gasteiger partial charge in [-0.3, -0.25) is 0 Å². The molecule has 1 N–H and O–H groups in total. The number of hydrazine groups is 1. The molecule has 1 saturated heterocycles. The summed E-state index contributed by atoms with van der Waals surface area (Å²) in [5, 5.41) is 22.9. The fourth-order valence-electron chi connectivity index (χ4n) is 1.32. The second kappa shape index (κ2) is 5.23. The lowest BCUT2D eigenvalue weighted by atomic mass is 10.4. The minimum Gasteiger partial charge on any atom is -0.569 e. The zero-order valence-electron chi connectivity index (χ0n) is 8.50. The molecule has 0 unspecified atom stereocenters. The van der Waals surface area contributed by atoms with Gasteiger partial charge in [0.05, 0.1) is 24.7 Å². The van der Waals surface area contributed by atoms with E-state index in [9.17, 15) is 10.0 Å². The molecule has 0 aromatic carbocycles. The Hall–Kier alpha value is -1.73. The topological polar surface area (TPSA) is 91.4 Å². The van der Waals surface area contributed by atoms with Gasteiger partial charge in [0, 0.05) is 13.1 Å². The van der Waals surface area contributed by atoms with Crippen molar-refractivity contribution in [3.05, 3.63) is 5.21 Å². The van der Waals surface area contributed by atoms with Crippen LogP contribution in [0.2, 0.25) is 0 Å². The Balaban J connectivity index is 2.39. The van der Waals surface area contributed by atoms with E-state index >= 15 is 0 Å². The summed E-state index contributed by atoms with van der Waals surface area (Å²) < 4.78 is 4.81. The van der Waals surface area contributed by atoms with Crippen molar-refractivity contribution in [3.63, 3.8) is 0 Å². The smallest absolute Gasteiger partial charge is 0.409 e. The molecule has 0 aromatic heterocycles. The Morgan fingerprint density at radius 2 is 2.13 bits per heavy atom. The second-order valence-electron chi connectivity index (χ2n) is 2.98. The molecule has 0 saturated carbocycles. The summed E-state index contributed by atoms with van der Waals surface area (Å²) >= 11 is 0. The quantitative estimate of drug-likeness (QED) is 0.401. The molecule has 8 heteroatoms. The number of nitrogens with zero attached hydrogens (tertiary/aromatic N) is 4. The van der Waals surface area contributed by atoms with Gasteiger partial charge in [-0.25, -0.2) is 4.79 Å². The van der Waals surface area contributed by atoms with E-state index < -0.39 is 0 Å². The second-order valence-corrected chi connectivity index (χ2v) is 2.98. The lowest BCUT2D eigenvalue weighted by molar-refractivity contribution is -0.711. The van der Waals surface area contributed by atoms with E-state index in [1.54, 1.807) is 6.92 Å². The maximum Gasteiger partial charge on any atom is 0.409 e. The molecule has 1 heterocycles. The number of rotatable bonds is 2. The lowest BCUT2D eigenvalue weighted by Gasteiger charge is -2.30. The maximum absolute atomic E-state index is 11.3. The molecular formula is C7H14N4O4. The number of carbonyl (C=O) groups excluding carboxylic acids is 1. The van der Waals surface area contributed by atoms with Crippen LogP contribution >= 0.6 is 0 Å². The molecule has 1 fully saturated rings. The summed E-state index contributed by atoms with van der Waals surface area (Å²) in [6.45, 7) is 3.48. The third kappa shape index (κ3) is 2.86. The van der Waals surface area contributed by atoms with E-state index in [1.165, 1.54) is 9.91 Å². The number of piperazine rings is 1. The molecule has 0 atom stereocenters. The average molecular weight is 218 g/mol. The van der Waals surface area contributed by atoms with E-state index in [0.717, 1.165) is 0 Å². The predicted octanol–water partition coefficient (Wildman–Crippen LogP) is 0.0272. The Labute approximate surface area is 86.8 Å². The molecule has 86 valence electrons. The van der Waals surface area contributed by atoms with Gasteiger partial charge in [0.1, 0.15) is 0 Å². The normalized spacial score (nSPS) is 17.8. The van der Waals surface area contributed by atoms with Crippen LogP contribution in [0.4, 0.5) is 4.79 Å². The van der Waals surface area contributed by atoms with Crippen LogP contribution in [-0.4, -0.2) is 59.0 Å². The maximum atomic E-state index is 11.3. The summed E-state index contributed by atoms with van der Waals surface area (Å²) in [4.78, 5) is 12.9. The van der Waals surface area contributed by atoms with Crippen molar-refractivity contribution in [2.24, 2.45) is 5.28 Å². The van der Waals surface area contributed by atoms with Gasteiger partial charge in [-0.1, -0.05) is 0 Å².